The molecule has 0 heterocycles. The van der Waals surface area contributed by atoms with Crippen molar-refractivity contribution in [2.75, 3.05) is 83.8 Å². The first-order chi connectivity index (χ1) is 54.8. The lowest BCUT2D eigenvalue weighted by molar-refractivity contribution is -0.138. The van der Waals surface area contributed by atoms with E-state index >= 15 is 8.42 Å². The molecule has 4 aromatic rings. The van der Waals surface area contributed by atoms with E-state index in [4.69, 9.17) is 11.5 Å². The van der Waals surface area contributed by atoms with Crippen LogP contribution in [0.4, 0.5) is 0 Å². The van der Waals surface area contributed by atoms with Crippen LogP contribution >= 0.6 is 0 Å². The number of phenolic OH excluding ortho intramolecular Hbond substituents is 1. The first kappa shape index (κ1) is 98.2. The van der Waals surface area contributed by atoms with Crippen molar-refractivity contribution in [1.82, 2.24) is 65.1 Å². The molecular weight excluding hydrogens is 1610 g/mol. The number of aliphatic hydroxyl groups is 2. The Labute approximate surface area is 682 Å². The number of fused-ring (bicyclic) bond motifs is 1. The molecule has 42 heteroatoms. The minimum absolute atomic E-state index is 0.0302. The first-order valence-electron chi connectivity index (χ1n) is 38.1. The third-order valence-corrected chi connectivity index (χ3v) is 25.4. The molecule has 5 rings (SSSR count). The van der Waals surface area contributed by atoms with E-state index in [-0.39, 0.29) is 55.2 Å². The highest BCUT2D eigenvalue weighted by Gasteiger charge is 2.38. The van der Waals surface area contributed by atoms with E-state index < -0.39 is 249 Å². The topological polar surface area (TPSA) is 579 Å². The van der Waals surface area contributed by atoms with E-state index in [1.54, 1.807) is 68.4 Å². The highest BCUT2D eigenvalue weighted by molar-refractivity contribution is 7.89. The van der Waals surface area contributed by atoms with E-state index in [1.807, 2.05) is 0 Å². The molecule has 10 atom stereocenters. The van der Waals surface area contributed by atoms with Gasteiger partial charge in [-0.15, -0.1) is 0 Å². The number of amides is 10. The predicted molar refractivity (Wildman–Crippen MR) is 432 cm³/mol. The van der Waals surface area contributed by atoms with Crippen molar-refractivity contribution in [3.05, 3.63) is 108 Å². The third kappa shape index (κ3) is 33.9. The maximum absolute atomic E-state index is 15.3. The van der Waals surface area contributed by atoms with Gasteiger partial charge in [-0.1, -0.05) is 112 Å². The molecule has 1 unspecified atom stereocenters. The van der Waals surface area contributed by atoms with Crippen molar-refractivity contribution in [2.24, 2.45) is 23.3 Å². The SMILES string of the molecule is CC(=O)NC(C(=O)N[C@@H](Cc1ccccc1)CN(CC(=O)N[C@@H](CCC(=O)O)C(=O)N[C@@H](Cc1ccc(O)cc1)CN(CC(=O)N[C@@H](C)C(=O)N[C@@H](CCCCN)CN(CC(=O)N[C@@H](CC1CCC1)C(=O)N[C@@H](CO)CN(CC(=O)N[C@@H](C)C(N)=O)S(C)(=O)=O)S(=O)(=O)CC(C)C)S(=O)(=O)c1ccc2ccccc2c1)S(C)(=O)=O)[C@H](C)O. The highest BCUT2D eigenvalue weighted by Crippen LogP contribution is 2.31. The van der Waals surface area contributed by atoms with Crippen LogP contribution in [0.5, 0.6) is 5.75 Å². The molecule has 38 nitrogen and oxygen atoms in total. The van der Waals surface area contributed by atoms with Crippen molar-refractivity contribution in [1.29, 1.82) is 0 Å². The molecule has 0 aliphatic heterocycles. The van der Waals surface area contributed by atoms with Crippen LogP contribution in [-0.2, 0) is 106 Å². The van der Waals surface area contributed by atoms with Crippen molar-refractivity contribution in [2.45, 2.75) is 178 Å². The van der Waals surface area contributed by atoms with Gasteiger partial charge in [0.05, 0.1) is 68.1 Å². The van der Waals surface area contributed by atoms with Gasteiger partial charge in [-0.05, 0) is 124 Å². The van der Waals surface area contributed by atoms with Crippen molar-refractivity contribution >= 4 is 116 Å². The smallest absolute Gasteiger partial charge is 0.303 e. The maximum atomic E-state index is 15.3. The number of unbranched alkanes of at least 4 members (excludes halogenated alkanes) is 1. The number of aromatic hydroxyl groups is 1. The summed E-state index contributed by atoms with van der Waals surface area (Å²) in [5, 5.41) is 64.8. The molecule has 1 saturated carbocycles. The molecular formula is C75H113N15O23S4. The summed E-state index contributed by atoms with van der Waals surface area (Å²) in [6.07, 6.45) is 1.14. The zero-order valence-corrected chi connectivity index (χ0v) is 70.1. The summed E-state index contributed by atoms with van der Waals surface area (Å²) in [7, 11) is -18.0. The van der Waals surface area contributed by atoms with Crippen LogP contribution in [0.25, 0.3) is 10.8 Å². The number of carbonyl (C=O) groups excluding carboxylic acids is 10. The second-order valence-corrected chi connectivity index (χ2v) is 37.8. The first-order valence-corrected chi connectivity index (χ1v) is 44.9. The fourth-order valence-corrected chi connectivity index (χ4v) is 17.5. The van der Waals surface area contributed by atoms with Gasteiger partial charge < -0.3 is 79.7 Å². The highest BCUT2D eigenvalue weighted by atomic mass is 32.2. The van der Waals surface area contributed by atoms with E-state index in [2.05, 4.69) is 47.9 Å². The number of carboxylic acid groups (broad SMARTS) is 1. The molecule has 10 amide bonds. The lowest BCUT2D eigenvalue weighted by Crippen LogP contribution is -2.58. The van der Waals surface area contributed by atoms with E-state index in [1.165, 1.54) is 63.2 Å². The van der Waals surface area contributed by atoms with E-state index in [0.717, 1.165) is 30.2 Å². The number of nitrogens with zero attached hydrogens (tertiary/aromatic N) is 4. The number of carboxylic acids is 1. The van der Waals surface area contributed by atoms with Gasteiger partial charge in [-0.25, -0.2) is 33.7 Å². The quantitative estimate of drug-likeness (QED) is 0.0200. The number of aliphatic carboxylic acids is 1. The fourth-order valence-electron chi connectivity index (χ4n) is 12.7. The summed E-state index contributed by atoms with van der Waals surface area (Å²) in [5.74, 6) is -12.4. The Morgan fingerprint density at radius 1 is 0.521 bits per heavy atom. The molecule has 0 radical (unpaired) electrons. The molecule has 0 spiro atoms. The number of aliphatic hydroxyl groups excluding tert-OH is 2. The van der Waals surface area contributed by atoms with Crippen LogP contribution in [-0.4, -0.2) is 281 Å². The van der Waals surface area contributed by atoms with Crippen molar-refractivity contribution in [3.63, 3.8) is 0 Å². The molecule has 1 aliphatic rings. The number of hydrogen-bond donors (Lipinski definition) is 15. The number of sulfonamides is 4. The number of carbonyl (C=O) groups is 11. The second kappa shape index (κ2) is 46.1. The zero-order valence-electron chi connectivity index (χ0n) is 66.8. The van der Waals surface area contributed by atoms with Gasteiger partial charge in [0.25, 0.3) is 0 Å². The summed E-state index contributed by atoms with van der Waals surface area (Å²) < 4.78 is 115. The number of nitrogens with one attached hydrogen (secondary N) is 9. The number of hydrogen-bond acceptors (Lipinski definition) is 23. The lowest BCUT2D eigenvalue weighted by Gasteiger charge is -2.32. The molecule has 17 N–H and O–H groups in total. The Kier molecular flexibility index (Phi) is 38.7. The molecule has 0 saturated heterocycles. The number of nitrogens with two attached hydrogens (primary N) is 2. The van der Waals surface area contributed by atoms with Gasteiger partial charge in [-0.3, -0.25) is 52.7 Å². The fraction of sp³-hybridized carbons (Fsp3) is 0.560. The van der Waals surface area contributed by atoms with Crippen molar-refractivity contribution < 1.29 is 107 Å². The maximum Gasteiger partial charge on any atom is 0.303 e. The van der Waals surface area contributed by atoms with E-state index in [0.29, 0.717) is 54.1 Å². The Morgan fingerprint density at radius 3 is 1.52 bits per heavy atom. The summed E-state index contributed by atoms with van der Waals surface area (Å²) in [6.45, 7) is 0.842. The summed E-state index contributed by atoms with van der Waals surface area (Å²) in [6, 6.07) is 12.1. The van der Waals surface area contributed by atoms with Gasteiger partial charge in [0.15, 0.2) is 0 Å². The number of primary amides is 1. The summed E-state index contributed by atoms with van der Waals surface area (Å²) in [5.41, 5.74) is 12.0. The number of phenols is 1. The van der Waals surface area contributed by atoms with Crippen LogP contribution in [0.15, 0.2) is 102 Å². The largest absolute Gasteiger partial charge is 0.508 e. The zero-order chi connectivity index (χ0) is 87.3. The van der Waals surface area contributed by atoms with Crippen molar-refractivity contribution in [3.8, 4) is 5.75 Å². The number of benzene rings is 4. The Bertz CT molecular complexity index is 4550. The Hall–Kier alpha value is -9.37. The van der Waals surface area contributed by atoms with E-state index in [9.17, 15) is 98.4 Å². The molecule has 650 valence electrons. The second-order valence-electron chi connectivity index (χ2n) is 29.8. The lowest BCUT2D eigenvalue weighted by atomic mass is 9.80. The van der Waals surface area contributed by atoms with Gasteiger partial charge in [0, 0.05) is 57.6 Å². The molecule has 4 aromatic carbocycles. The number of rotatable bonds is 52. The van der Waals surface area contributed by atoms with Gasteiger partial charge in [0.2, 0.25) is 99.2 Å². The average molecular weight is 1720 g/mol. The standard InChI is InChI=1S/C75H113N15O23S4/c1-47(2)46-116(110,111)89(43-68(98)86-64(35-53-19-16-20-53)74(104)84-60(45-91)40-88(115(8,108)109)41-65(95)78-48(3)71(77)101)37-57(23-14-15-32-76)81-72(102)49(4)79-66(96)44-90(117(112,113)62-29-26-55-21-12-13-22-56(55)36-62)39-59(34-54-24-27-61(94)28-25-54)82-73(103)63(30-31-69(99)100)85-67(97)42-87(114(7,106)107)38-58(33-52-17-10-9-11-18-52)83-75(105)70(50(5)92)80-51(6)93/h9-13,17-18,21-22,24-29,36,47-50,53,57-60,63-64,70,91-92,94H,14-16,19-20,23,30-35,37-46,76H2,1-8H3,(H2,77,101)(H,78,95)(H,79,96)(H,80,93)(H,81,102)(H,82,103)(H,83,105)(H,84,104)(H,85,97)(H,86,98)(H,99,100)/t48-,49-,50-,57-,58-,59-,60+,63-,64-,70?/m0/s1. The normalized spacial score (nSPS) is 15.4. The minimum Gasteiger partial charge on any atom is -0.508 e. The van der Waals surface area contributed by atoms with Crippen LogP contribution in [0, 0.1) is 11.8 Å². The minimum atomic E-state index is -4.90. The Balaban J connectivity index is 1.46. The van der Waals surface area contributed by atoms with Crippen LogP contribution in [0.1, 0.15) is 110 Å². The molecule has 0 bridgehead atoms. The molecule has 1 fully saturated rings. The third-order valence-electron chi connectivity index (χ3n) is 19.0. The van der Waals surface area contributed by atoms with Gasteiger partial charge in [-0.2, -0.15) is 17.2 Å². The van der Waals surface area contributed by atoms with Crippen LogP contribution in [0.3, 0.4) is 0 Å². The predicted octanol–water partition coefficient (Wildman–Crippen LogP) is -2.70. The molecule has 117 heavy (non-hydrogen) atoms. The molecule has 0 aromatic heterocycles. The molecule has 1 aliphatic carbocycles. The van der Waals surface area contributed by atoms with Gasteiger partial charge >= 0.3 is 5.97 Å². The van der Waals surface area contributed by atoms with Crippen LogP contribution in [0.2, 0.25) is 0 Å². The monoisotopic (exact) mass is 1720 g/mol. The summed E-state index contributed by atoms with van der Waals surface area (Å²) >= 11 is 0. The van der Waals surface area contributed by atoms with Crippen LogP contribution < -0.4 is 59.3 Å². The Morgan fingerprint density at radius 2 is 1.00 bits per heavy atom. The van der Waals surface area contributed by atoms with Gasteiger partial charge in [0.1, 0.15) is 36.0 Å². The average Bonchev–Trinajstić information content (AvgIpc) is 0.790. The summed E-state index contributed by atoms with van der Waals surface area (Å²) in [4.78, 5) is 149.